The van der Waals surface area contributed by atoms with Gasteiger partial charge in [-0.05, 0) is 25.0 Å². The van der Waals surface area contributed by atoms with Crippen molar-refractivity contribution in [1.82, 2.24) is 10.2 Å². The molecule has 4 nitrogen and oxygen atoms in total. The fourth-order valence-corrected chi connectivity index (χ4v) is 2.19. The van der Waals surface area contributed by atoms with Gasteiger partial charge in [-0.2, -0.15) is 0 Å². The molecule has 0 saturated carbocycles. The lowest BCUT2D eigenvalue weighted by atomic mass is 10.1. The quantitative estimate of drug-likeness (QED) is 0.841. The topological polar surface area (TPSA) is 49.4 Å². The number of nitrogens with zero attached hydrogens (tertiary/aromatic N) is 1. The van der Waals surface area contributed by atoms with Crippen molar-refractivity contribution in [3.05, 3.63) is 34.9 Å². The average molecular weight is 311 g/mol. The Morgan fingerprint density at radius 2 is 1.95 bits per heavy atom. The molecule has 0 aliphatic heterocycles. The van der Waals surface area contributed by atoms with Gasteiger partial charge in [0.25, 0.3) is 0 Å². The SMILES string of the molecule is CCCNC(=O)[C@@H](C)N(Cc1ccccc1Cl)C(=O)CC. The highest BCUT2D eigenvalue weighted by molar-refractivity contribution is 6.31. The van der Waals surface area contributed by atoms with Crippen LogP contribution in [-0.2, 0) is 16.1 Å². The highest BCUT2D eigenvalue weighted by Crippen LogP contribution is 2.19. The van der Waals surface area contributed by atoms with E-state index in [9.17, 15) is 9.59 Å². The summed E-state index contributed by atoms with van der Waals surface area (Å²) in [6.07, 6.45) is 1.22. The van der Waals surface area contributed by atoms with E-state index in [2.05, 4.69) is 5.32 Å². The zero-order valence-corrected chi connectivity index (χ0v) is 13.6. The summed E-state index contributed by atoms with van der Waals surface area (Å²) in [4.78, 5) is 25.8. The van der Waals surface area contributed by atoms with Crippen LogP contribution in [-0.4, -0.2) is 29.3 Å². The summed E-state index contributed by atoms with van der Waals surface area (Å²) in [6.45, 7) is 6.48. The van der Waals surface area contributed by atoms with Gasteiger partial charge in [0.2, 0.25) is 11.8 Å². The van der Waals surface area contributed by atoms with E-state index in [0.29, 0.717) is 24.5 Å². The minimum absolute atomic E-state index is 0.0610. The molecule has 0 fully saturated rings. The third-order valence-corrected chi connectivity index (χ3v) is 3.69. The molecular weight excluding hydrogens is 288 g/mol. The maximum atomic E-state index is 12.2. The van der Waals surface area contributed by atoms with Crippen molar-refractivity contribution in [2.45, 2.75) is 46.2 Å². The number of nitrogens with one attached hydrogen (secondary N) is 1. The average Bonchev–Trinajstić information content (AvgIpc) is 2.50. The van der Waals surface area contributed by atoms with Gasteiger partial charge in [-0.15, -0.1) is 0 Å². The number of carbonyl (C=O) groups is 2. The molecule has 1 rings (SSSR count). The maximum Gasteiger partial charge on any atom is 0.242 e. The first-order chi connectivity index (χ1) is 10.0. The molecule has 1 atom stereocenters. The summed E-state index contributed by atoms with van der Waals surface area (Å²) in [5.41, 5.74) is 0.844. The first kappa shape index (κ1) is 17.5. The smallest absolute Gasteiger partial charge is 0.242 e. The van der Waals surface area contributed by atoms with E-state index in [1.165, 1.54) is 0 Å². The molecule has 21 heavy (non-hydrogen) atoms. The van der Waals surface area contributed by atoms with E-state index >= 15 is 0 Å². The van der Waals surface area contributed by atoms with Gasteiger partial charge in [0.15, 0.2) is 0 Å². The lowest BCUT2D eigenvalue weighted by molar-refractivity contribution is -0.140. The van der Waals surface area contributed by atoms with Crippen molar-refractivity contribution in [2.24, 2.45) is 0 Å². The molecular formula is C16H23ClN2O2. The van der Waals surface area contributed by atoms with E-state index in [-0.39, 0.29) is 11.8 Å². The van der Waals surface area contributed by atoms with Crippen LogP contribution in [0.5, 0.6) is 0 Å². The molecule has 0 bridgehead atoms. The second-order valence-corrected chi connectivity index (χ2v) is 5.34. The van der Waals surface area contributed by atoms with Crippen molar-refractivity contribution in [3.8, 4) is 0 Å². The summed E-state index contributed by atoms with van der Waals surface area (Å²) in [7, 11) is 0. The molecule has 2 amide bonds. The highest BCUT2D eigenvalue weighted by atomic mass is 35.5. The summed E-state index contributed by atoms with van der Waals surface area (Å²) in [6, 6.07) is 6.86. The van der Waals surface area contributed by atoms with Crippen LogP contribution in [0, 0.1) is 0 Å². The Morgan fingerprint density at radius 1 is 1.29 bits per heavy atom. The van der Waals surface area contributed by atoms with E-state index in [1.54, 1.807) is 24.8 Å². The molecule has 0 unspecified atom stereocenters. The predicted molar refractivity (Wildman–Crippen MR) is 85.1 cm³/mol. The fourth-order valence-electron chi connectivity index (χ4n) is 1.99. The molecule has 1 N–H and O–H groups in total. The Bertz CT molecular complexity index is 491. The number of carbonyl (C=O) groups excluding carboxylic acids is 2. The minimum Gasteiger partial charge on any atom is -0.354 e. The maximum absolute atomic E-state index is 12.2. The van der Waals surface area contributed by atoms with Crippen molar-refractivity contribution < 1.29 is 9.59 Å². The first-order valence-corrected chi connectivity index (χ1v) is 7.69. The molecule has 1 aromatic carbocycles. The van der Waals surface area contributed by atoms with Crippen molar-refractivity contribution in [3.63, 3.8) is 0 Å². The number of hydrogen-bond acceptors (Lipinski definition) is 2. The standard InChI is InChI=1S/C16H23ClN2O2/c1-4-10-18-16(21)12(3)19(15(20)5-2)11-13-8-6-7-9-14(13)17/h6-9,12H,4-5,10-11H2,1-3H3,(H,18,21)/t12-/m1/s1. The van der Waals surface area contributed by atoms with Crippen LogP contribution in [0.25, 0.3) is 0 Å². The largest absolute Gasteiger partial charge is 0.354 e. The van der Waals surface area contributed by atoms with Gasteiger partial charge < -0.3 is 10.2 Å². The third-order valence-electron chi connectivity index (χ3n) is 3.32. The lowest BCUT2D eigenvalue weighted by Crippen LogP contribution is -2.47. The van der Waals surface area contributed by atoms with Crippen molar-refractivity contribution >= 4 is 23.4 Å². The number of halogens is 1. The molecule has 0 aliphatic rings. The third kappa shape index (κ3) is 5.05. The number of benzene rings is 1. The summed E-state index contributed by atoms with van der Waals surface area (Å²) < 4.78 is 0. The number of rotatable bonds is 7. The van der Waals surface area contributed by atoms with Crippen LogP contribution in [0.4, 0.5) is 0 Å². The fraction of sp³-hybridized carbons (Fsp3) is 0.500. The summed E-state index contributed by atoms with van der Waals surface area (Å²) in [5.74, 6) is -0.195. The normalized spacial score (nSPS) is 11.8. The van der Waals surface area contributed by atoms with Crippen molar-refractivity contribution in [1.29, 1.82) is 0 Å². The van der Waals surface area contributed by atoms with Gasteiger partial charge >= 0.3 is 0 Å². The Kier molecular flexibility index (Phi) is 7.23. The van der Waals surface area contributed by atoms with Gasteiger partial charge in [-0.3, -0.25) is 9.59 Å². The minimum atomic E-state index is -0.514. The monoisotopic (exact) mass is 310 g/mol. The molecule has 0 spiro atoms. The van der Waals surface area contributed by atoms with Crippen LogP contribution in [0.3, 0.4) is 0 Å². The Morgan fingerprint density at radius 3 is 2.52 bits per heavy atom. The Hall–Kier alpha value is -1.55. The summed E-state index contributed by atoms with van der Waals surface area (Å²) >= 11 is 6.15. The molecule has 116 valence electrons. The second kappa shape index (κ2) is 8.67. The van der Waals surface area contributed by atoms with Crippen LogP contribution in [0.15, 0.2) is 24.3 Å². The van der Waals surface area contributed by atoms with E-state index in [4.69, 9.17) is 11.6 Å². The first-order valence-electron chi connectivity index (χ1n) is 7.31. The van der Waals surface area contributed by atoms with Gasteiger partial charge in [-0.1, -0.05) is 43.6 Å². The Balaban J connectivity index is 2.88. The zero-order chi connectivity index (χ0) is 15.8. The number of amides is 2. The van der Waals surface area contributed by atoms with E-state index in [1.807, 2.05) is 25.1 Å². The molecule has 0 radical (unpaired) electrons. The molecule has 1 aromatic rings. The number of hydrogen-bond donors (Lipinski definition) is 1. The zero-order valence-electron chi connectivity index (χ0n) is 12.9. The second-order valence-electron chi connectivity index (χ2n) is 4.93. The van der Waals surface area contributed by atoms with Crippen LogP contribution in [0.2, 0.25) is 5.02 Å². The van der Waals surface area contributed by atoms with E-state index < -0.39 is 6.04 Å². The van der Waals surface area contributed by atoms with Crippen molar-refractivity contribution in [2.75, 3.05) is 6.54 Å². The van der Waals surface area contributed by atoms with Crippen LogP contribution in [0.1, 0.15) is 39.2 Å². The van der Waals surface area contributed by atoms with E-state index in [0.717, 1.165) is 12.0 Å². The molecule has 0 saturated heterocycles. The molecule has 0 heterocycles. The lowest BCUT2D eigenvalue weighted by Gasteiger charge is -2.28. The Labute approximate surface area is 131 Å². The molecule has 0 aliphatic carbocycles. The highest BCUT2D eigenvalue weighted by Gasteiger charge is 2.25. The molecule has 0 aromatic heterocycles. The van der Waals surface area contributed by atoms with Gasteiger partial charge in [0.1, 0.15) is 6.04 Å². The van der Waals surface area contributed by atoms with Gasteiger partial charge in [0.05, 0.1) is 0 Å². The predicted octanol–water partition coefficient (Wildman–Crippen LogP) is 2.99. The van der Waals surface area contributed by atoms with Gasteiger partial charge in [-0.25, -0.2) is 0 Å². The molecule has 5 heteroatoms. The van der Waals surface area contributed by atoms with Crippen LogP contribution < -0.4 is 5.32 Å². The summed E-state index contributed by atoms with van der Waals surface area (Å²) in [5, 5.41) is 3.43. The van der Waals surface area contributed by atoms with Gasteiger partial charge in [0, 0.05) is 24.5 Å². The van der Waals surface area contributed by atoms with Crippen LogP contribution >= 0.6 is 11.6 Å².